The largest absolute Gasteiger partial charge is 0.483 e. The summed E-state index contributed by atoms with van der Waals surface area (Å²) in [7, 11) is 1.59. The molecule has 0 radical (unpaired) electrons. The second-order valence-electron chi connectivity index (χ2n) is 5.47. The molecule has 0 saturated carbocycles. The number of amides is 1. The fraction of sp³-hybridized carbons (Fsp3) is 0.412. The zero-order valence-corrected chi connectivity index (χ0v) is 13.8. The van der Waals surface area contributed by atoms with Gasteiger partial charge in [-0.25, -0.2) is 0 Å². The molecule has 0 fully saturated rings. The third-order valence-corrected chi connectivity index (χ3v) is 3.89. The number of para-hydroxylation sites is 1. The molecule has 0 aliphatic rings. The summed E-state index contributed by atoms with van der Waals surface area (Å²) >= 11 is 0. The molecule has 1 heterocycles. The number of likely N-dealkylation sites (N-methyl/N-ethyl adjacent to an activating group) is 1. The van der Waals surface area contributed by atoms with Crippen molar-refractivity contribution in [1.82, 2.24) is 20.4 Å². The Morgan fingerprint density at radius 1 is 1.30 bits per heavy atom. The molecule has 2 rings (SSSR count). The fourth-order valence-corrected chi connectivity index (χ4v) is 2.20. The Kier molecular flexibility index (Phi) is 6.17. The molecule has 0 bridgehead atoms. The van der Waals surface area contributed by atoms with E-state index in [1.807, 2.05) is 41.2 Å². The predicted molar refractivity (Wildman–Crippen MR) is 89.2 cm³/mol. The van der Waals surface area contributed by atoms with Gasteiger partial charge in [0.1, 0.15) is 5.75 Å². The average molecular weight is 316 g/mol. The molecule has 0 aliphatic heterocycles. The average Bonchev–Trinajstić information content (AvgIpc) is 3.12. The number of carbonyl (C=O) groups is 1. The van der Waals surface area contributed by atoms with Gasteiger partial charge < -0.3 is 15.4 Å². The van der Waals surface area contributed by atoms with Crippen molar-refractivity contribution in [2.24, 2.45) is 0 Å². The highest BCUT2D eigenvalue weighted by Crippen LogP contribution is 2.18. The van der Waals surface area contributed by atoms with Crippen LogP contribution in [0.5, 0.6) is 5.75 Å². The second-order valence-corrected chi connectivity index (χ2v) is 5.47. The van der Waals surface area contributed by atoms with Gasteiger partial charge in [-0.3, -0.25) is 9.48 Å². The fourth-order valence-electron chi connectivity index (χ4n) is 2.20. The van der Waals surface area contributed by atoms with Gasteiger partial charge in [-0.15, -0.1) is 0 Å². The minimum absolute atomic E-state index is 0.0206. The Hall–Kier alpha value is -2.34. The van der Waals surface area contributed by atoms with Crippen LogP contribution in [-0.2, 0) is 11.3 Å². The molecule has 0 spiro atoms. The Labute approximate surface area is 136 Å². The second kappa shape index (κ2) is 8.33. The molecular weight excluding hydrogens is 292 g/mol. The van der Waals surface area contributed by atoms with E-state index in [0.717, 1.165) is 11.3 Å². The SMILES string of the molecule is CNC(=O)COc1ccccc1CN[C@@H](C)[C@H](C)n1cccn1. The highest BCUT2D eigenvalue weighted by atomic mass is 16.5. The molecule has 1 aromatic heterocycles. The van der Waals surface area contributed by atoms with E-state index in [0.29, 0.717) is 6.54 Å². The summed E-state index contributed by atoms with van der Waals surface area (Å²) in [5.74, 6) is 0.580. The third kappa shape index (κ3) is 4.82. The van der Waals surface area contributed by atoms with Crippen LogP contribution >= 0.6 is 0 Å². The molecule has 0 unspecified atom stereocenters. The van der Waals surface area contributed by atoms with Gasteiger partial charge in [0, 0.05) is 37.6 Å². The standard InChI is InChI=1S/C17H24N4O2/c1-13(14(2)21-10-6-9-20-21)19-11-15-7-4-5-8-16(15)23-12-17(22)18-3/h4-10,13-14,19H,11-12H2,1-3H3,(H,18,22)/t13-,14-/m0/s1. The van der Waals surface area contributed by atoms with Crippen molar-refractivity contribution < 1.29 is 9.53 Å². The normalized spacial score (nSPS) is 13.3. The van der Waals surface area contributed by atoms with Crippen molar-refractivity contribution in [3.8, 4) is 5.75 Å². The van der Waals surface area contributed by atoms with E-state index in [1.165, 1.54) is 0 Å². The van der Waals surface area contributed by atoms with Crippen LogP contribution in [0.3, 0.4) is 0 Å². The van der Waals surface area contributed by atoms with Crippen LogP contribution in [-0.4, -0.2) is 35.4 Å². The summed E-state index contributed by atoms with van der Waals surface area (Å²) in [4.78, 5) is 11.3. The molecule has 124 valence electrons. The number of nitrogens with one attached hydrogen (secondary N) is 2. The lowest BCUT2D eigenvalue weighted by Crippen LogP contribution is -2.33. The van der Waals surface area contributed by atoms with E-state index in [4.69, 9.17) is 4.74 Å². The summed E-state index contributed by atoms with van der Waals surface area (Å²) in [5, 5.41) is 10.3. The molecule has 2 atom stereocenters. The van der Waals surface area contributed by atoms with Gasteiger partial charge in [-0.2, -0.15) is 5.10 Å². The Bertz CT molecular complexity index is 613. The number of aromatic nitrogens is 2. The van der Waals surface area contributed by atoms with Crippen LogP contribution in [0.1, 0.15) is 25.5 Å². The van der Waals surface area contributed by atoms with E-state index in [2.05, 4.69) is 29.6 Å². The number of hydrogen-bond donors (Lipinski definition) is 2. The first kappa shape index (κ1) is 17.0. The van der Waals surface area contributed by atoms with Crippen LogP contribution < -0.4 is 15.4 Å². The van der Waals surface area contributed by atoms with Crippen molar-refractivity contribution in [2.45, 2.75) is 32.5 Å². The van der Waals surface area contributed by atoms with Gasteiger partial charge in [-0.1, -0.05) is 18.2 Å². The highest BCUT2D eigenvalue weighted by molar-refractivity contribution is 5.77. The first-order chi connectivity index (χ1) is 11.1. The minimum atomic E-state index is -0.145. The predicted octanol–water partition coefficient (Wildman–Crippen LogP) is 1.75. The molecule has 1 aromatic carbocycles. The molecule has 23 heavy (non-hydrogen) atoms. The summed E-state index contributed by atoms with van der Waals surface area (Å²) in [5.41, 5.74) is 1.02. The summed E-state index contributed by atoms with van der Waals surface area (Å²) < 4.78 is 7.52. The van der Waals surface area contributed by atoms with Gasteiger partial charge in [0.2, 0.25) is 0 Å². The Balaban J connectivity index is 1.93. The van der Waals surface area contributed by atoms with Gasteiger partial charge >= 0.3 is 0 Å². The lowest BCUT2D eigenvalue weighted by atomic mass is 10.1. The van der Waals surface area contributed by atoms with Gasteiger partial charge in [0.05, 0.1) is 6.04 Å². The number of nitrogens with zero attached hydrogens (tertiary/aromatic N) is 2. The maximum Gasteiger partial charge on any atom is 0.257 e. The van der Waals surface area contributed by atoms with Crippen LogP contribution in [0.25, 0.3) is 0 Å². The first-order valence-electron chi connectivity index (χ1n) is 7.75. The summed E-state index contributed by atoms with van der Waals surface area (Å²) in [6, 6.07) is 10.1. The molecule has 6 nitrogen and oxygen atoms in total. The lowest BCUT2D eigenvalue weighted by Gasteiger charge is -2.22. The van der Waals surface area contributed by atoms with Crippen molar-refractivity contribution in [1.29, 1.82) is 0 Å². The molecule has 2 aromatic rings. The highest BCUT2D eigenvalue weighted by Gasteiger charge is 2.14. The zero-order valence-electron chi connectivity index (χ0n) is 13.8. The van der Waals surface area contributed by atoms with Crippen LogP contribution in [0, 0.1) is 0 Å². The number of benzene rings is 1. The van der Waals surface area contributed by atoms with E-state index >= 15 is 0 Å². The lowest BCUT2D eigenvalue weighted by molar-refractivity contribution is -0.122. The minimum Gasteiger partial charge on any atom is -0.483 e. The van der Waals surface area contributed by atoms with Crippen LogP contribution in [0.2, 0.25) is 0 Å². The summed E-state index contributed by atoms with van der Waals surface area (Å²) in [6.07, 6.45) is 3.74. The maximum atomic E-state index is 11.3. The first-order valence-corrected chi connectivity index (χ1v) is 7.75. The third-order valence-electron chi connectivity index (χ3n) is 3.89. The quantitative estimate of drug-likeness (QED) is 0.778. The van der Waals surface area contributed by atoms with Gasteiger partial charge in [0.15, 0.2) is 6.61 Å². The Morgan fingerprint density at radius 3 is 2.78 bits per heavy atom. The number of ether oxygens (including phenoxy) is 1. The van der Waals surface area contributed by atoms with Gasteiger partial charge in [0.25, 0.3) is 5.91 Å². The van der Waals surface area contributed by atoms with Crippen molar-refractivity contribution in [3.63, 3.8) is 0 Å². The van der Waals surface area contributed by atoms with Crippen molar-refractivity contribution in [2.75, 3.05) is 13.7 Å². The van der Waals surface area contributed by atoms with E-state index < -0.39 is 0 Å². The van der Waals surface area contributed by atoms with E-state index in [-0.39, 0.29) is 24.6 Å². The topological polar surface area (TPSA) is 68.2 Å². The number of carbonyl (C=O) groups excluding carboxylic acids is 1. The molecule has 6 heteroatoms. The smallest absolute Gasteiger partial charge is 0.257 e. The molecule has 0 aliphatic carbocycles. The number of rotatable bonds is 8. The van der Waals surface area contributed by atoms with Crippen molar-refractivity contribution >= 4 is 5.91 Å². The monoisotopic (exact) mass is 316 g/mol. The molecule has 1 amide bonds. The maximum absolute atomic E-state index is 11.3. The van der Waals surface area contributed by atoms with E-state index in [9.17, 15) is 4.79 Å². The van der Waals surface area contributed by atoms with Gasteiger partial charge in [-0.05, 0) is 26.0 Å². The molecule has 2 N–H and O–H groups in total. The zero-order chi connectivity index (χ0) is 16.7. The van der Waals surface area contributed by atoms with Crippen LogP contribution in [0.15, 0.2) is 42.7 Å². The number of hydrogen-bond acceptors (Lipinski definition) is 4. The van der Waals surface area contributed by atoms with E-state index in [1.54, 1.807) is 13.2 Å². The van der Waals surface area contributed by atoms with Crippen molar-refractivity contribution in [3.05, 3.63) is 48.3 Å². The summed E-state index contributed by atoms with van der Waals surface area (Å²) in [6.45, 7) is 4.93. The molecule has 0 saturated heterocycles. The van der Waals surface area contributed by atoms with Crippen LogP contribution in [0.4, 0.5) is 0 Å². The Morgan fingerprint density at radius 2 is 2.09 bits per heavy atom. The molecular formula is C17H24N4O2.